The number of nitrogens with zero attached hydrogens (tertiary/aromatic N) is 4. The number of carbonyl (C=O) groups excluding carboxylic acids is 1. The van der Waals surface area contributed by atoms with Crippen LogP contribution in [0.2, 0.25) is 0 Å². The third-order valence-corrected chi connectivity index (χ3v) is 4.21. The number of pyridine rings is 1. The second-order valence-electron chi connectivity index (χ2n) is 6.26. The van der Waals surface area contributed by atoms with Crippen molar-refractivity contribution < 1.29 is 14.1 Å². The fraction of sp³-hybridized carbons (Fsp3) is 0.529. The highest BCUT2D eigenvalue weighted by Crippen LogP contribution is 2.28. The topological polar surface area (TPSA) is 81.4 Å². The Labute approximate surface area is 141 Å². The van der Waals surface area contributed by atoms with Gasteiger partial charge in [-0.15, -0.1) is 0 Å². The molecule has 0 radical (unpaired) electrons. The van der Waals surface area contributed by atoms with E-state index in [0.29, 0.717) is 23.2 Å². The highest BCUT2D eigenvalue weighted by molar-refractivity contribution is 5.96. The van der Waals surface area contributed by atoms with E-state index in [-0.39, 0.29) is 18.5 Å². The summed E-state index contributed by atoms with van der Waals surface area (Å²) < 4.78 is 10.4. The summed E-state index contributed by atoms with van der Waals surface area (Å²) in [4.78, 5) is 23.5. The highest BCUT2D eigenvalue weighted by atomic mass is 16.5. The summed E-state index contributed by atoms with van der Waals surface area (Å²) in [6.45, 7) is 5.93. The Morgan fingerprint density at radius 3 is 2.79 bits per heavy atom. The number of aromatic nitrogens is 3. The Balaban J connectivity index is 1.92. The maximum atomic E-state index is 13.1. The van der Waals surface area contributed by atoms with Crippen molar-refractivity contribution in [2.24, 2.45) is 0 Å². The summed E-state index contributed by atoms with van der Waals surface area (Å²) in [5, 5.41) is 3.89. The first-order valence-corrected chi connectivity index (χ1v) is 8.16. The van der Waals surface area contributed by atoms with Crippen LogP contribution >= 0.6 is 0 Å². The van der Waals surface area contributed by atoms with Gasteiger partial charge in [-0.05, 0) is 44.7 Å². The molecule has 2 aromatic rings. The van der Waals surface area contributed by atoms with Crippen LogP contribution in [0.25, 0.3) is 0 Å². The van der Waals surface area contributed by atoms with Crippen molar-refractivity contribution in [1.82, 2.24) is 20.0 Å². The number of hydrogen-bond donors (Lipinski definition) is 0. The van der Waals surface area contributed by atoms with Gasteiger partial charge in [0, 0.05) is 18.7 Å². The normalized spacial score (nSPS) is 13.2. The molecule has 1 aliphatic rings. The molecule has 0 aliphatic heterocycles. The summed E-state index contributed by atoms with van der Waals surface area (Å²) in [5.41, 5.74) is 2.67. The molecule has 7 nitrogen and oxygen atoms in total. The SMILES string of the molecule is COc1nc2c(cc1C(=O)N(Cc1noc(C)n1)C(C)C)CCC2. The Hall–Kier alpha value is -2.44. The summed E-state index contributed by atoms with van der Waals surface area (Å²) >= 11 is 0. The van der Waals surface area contributed by atoms with Gasteiger partial charge in [0.2, 0.25) is 11.8 Å². The van der Waals surface area contributed by atoms with Gasteiger partial charge in [0.15, 0.2) is 5.82 Å². The maximum absolute atomic E-state index is 13.1. The number of rotatable bonds is 5. The van der Waals surface area contributed by atoms with Crippen molar-refractivity contribution in [1.29, 1.82) is 0 Å². The van der Waals surface area contributed by atoms with E-state index in [4.69, 9.17) is 9.26 Å². The van der Waals surface area contributed by atoms with Crippen LogP contribution in [-0.4, -0.2) is 39.1 Å². The average molecular weight is 330 g/mol. The number of carbonyl (C=O) groups is 1. The molecule has 0 unspecified atom stereocenters. The van der Waals surface area contributed by atoms with E-state index in [1.807, 2.05) is 19.9 Å². The molecule has 2 heterocycles. The van der Waals surface area contributed by atoms with E-state index in [1.165, 1.54) is 0 Å². The van der Waals surface area contributed by atoms with Gasteiger partial charge in [0.05, 0.1) is 13.7 Å². The van der Waals surface area contributed by atoms with Crippen molar-refractivity contribution in [3.8, 4) is 5.88 Å². The van der Waals surface area contributed by atoms with Crippen LogP contribution in [0.3, 0.4) is 0 Å². The van der Waals surface area contributed by atoms with Crippen molar-refractivity contribution in [2.45, 2.75) is 52.6 Å². The lowest BCUT2D eigenvalue weighted by atomic mass is 10.1. The highest BCUT2D eigenvalue weighted by Gasteiger charge is 2.27. The molecule has 1 aliphatic carbocycles. The molecule has 2 aromatic heterocycles. The molecule has 0 N–H and O–H groups in total. The maximum Gasteiger partial charge on any atom is 0.259 e. The zero-order valence-corrected chi connectivity index (χ0v) is 14.5. The molecule has 3 rings (SSSR count). The minimum Gasteiger partial charge on any atom is -0.480 e. The summed E-state index contributed by atoms with van der Waals surface area (Å²) in [5.74, 6) is 1.22. The molecule has 0 spiro atoms. The first kappa shape index (κ1) is 16.4. The number of amides is 1. The van der Waals surface area contributed by atoms with E-state index in [0.717, 1.165) is 30.5 Å². The zero-order chi connectivity index (χ0) is 17.3. The van der Waals surface area contributed by atoms with Gasteiger partial charge in [-0.25, -0.2) is 4.98 Å². The van der Waals surface area contributed by atoms with Gasteiger partial charge >= 0.3 is 0 Å². The van der Waals surface area contributed by atoms with Gasteiger partial charge in [-0.2, -0.15) is 4.98 Å². The predicted octanol–water partition coefficient (Wildman–Crippen LogP) is 2.32. The average Bonchev–Trinajstić information content (AvgIpc) is 3.18. The molecule has 24 heavy (non-hydrogen) atoms. The van der Waals surface area contributed by atoms with Crippen LogP contribution in [0, 0.1) is 6.92 Å². The van der Waals surface area contributed by atoms with E-state index in [2.05, 4.69) is 15.1 Å². The van der Waals surface area contributed by atoms with Crippen LogP contribution in [0.4, 0.5) is 0 Å². The van der Waals surface area contributed by atoms with Crippen molar-refractivity contribution in [2.75, 3.05) is 7.11 Å². The van der Waals surface area contributed by atoms with Crippen LogP contribution in [0.15, 0.2) is 10.6 Å². The molecule has 128 valence electrons. The Bertz CT molecular complexity index is 754. The predicted molar refractivity (Wildman–Crippen MR) is 86.9 cm³/mol. The minimum absolute atomic E-state index is 0.0192. The Morgan fingerprint density at radius 2 is 2.17 bits per heavy atom. The second kappa shape index (κ2) is 6.59. The lowest BCUT2D eigenvalue weighted by Crippen LogP contribution is -2.37. The minimum atomic E-state index is -0.133. The lowest BCUT2D eigenvalue weighted by Gasteiger charge is -2.26. The number of ether oxygens (including phenoxy) is 1. The standard InChI is InChI=1S/C17H22N4O3/c1-10(2)21(9-15-18-11(3)24-20-15)17(22)13-8-12-6-5-7-14(12)19-16(13)23-4/h8,10H,5-7,9H2,1-4H3. The van der Waals surface area contributed by atoms with Gasteiger partial charge in [-0.1, -0.05) is 5.16 Å². The lowest BCUT2D eigenvalue weighted by molar-refractivity contribution is 0.0679. The van der Waals surface area contributed by atoms with E-state index >= 15 is 0 Å². The fourth-order valence-corrected chi connectivity index (χ4v) is 2.96. The molecule has 0 bridgehead atoms. The molecule has 0 saturated carbocycles. The van der Waals surface area contributed by atoms with E-state index in [9.17, 15) is 4.79 Å². The van der Waals surface area contributed by atoms with Crippen molar-refractivity contribution in [3.05, 3.63) is 34.6 Å². The fourth-order valence-electron chi connectivity index (χ4n) is 2.96. The summed E-state index contributed by atoms with van der Waals surface area (Å²) in [6, 6.07) is 1.90. The van der Waals surface area contributed by atoms with Crippen molar-refractivity contribution in [3.63, 3.8) is 0 Å². The van der Waals surface area contributed by atoms with Gasteiger partial charge in [0.25, 0.3) is 5.91 Å². The molecule has 0 atom stereocenters. The molecule has 1 amide bonds. The molecule has 0 fully saturated rings. The number of aryl methyl sites for hydroxylation is 3. The molecular formula is C17H22N4O3. The zero-order valence-electron chi connectivity index (χ0n) is 14.5. The molecule has 0 aromatic carbocycles. The number of fused-ring (bicyclic) bond motifs is 1. The largest absolute Gasteiger partial charge is 0.480 e. The Morgan fingerprint density at radius 1 is 1.38 bits per heavy atom. The van der Waals surface area contributed by atoms with Crippen LogP contribution < -0.4 is 4.74 Å². The van der Waals surface area contributed by atoms with Crippen LogP contribution in [0.1, 0.15) is 53.6 Å². The molecular weight excluding hydrogens is 308 g/mol. The number of hydrogen-bond acceptors (Lipinski definition) is 6. The molecule has 0 saturated heterocycles. The number of methoxy groups -OCH3 is 1. The quantitative estimate of drug-likeness (QED) is 0.837. The van der Waals surface area contributed by atoms with Gasteiger partial charge < -0.3 is 14.2 Å². The van der Waals surface area contributed by atoms with Gasteiger partial charge in [0.1, 0.15) is 5.56 Å². The molecule has 7 heteroatoms. The monoisotopic (exact) mass is 330 g/mol. The van der Waals surface area contributed by atoms with E-state index in [1.54, 1.807) is 18.9 Å². The first-order chi connectivity index (χ1) is 11.5. The van der Waals surface area contributed by atoms with Crippen LogP contribution in [0.5, 0.6) is 5.88 Å². The summed E-state index contributed by atoms with van der Waals surface area (Å²) in [6.07, 6.45) is 2.97. The van der Waals surface area contributed by atoms with E-state index < -0.39 is 0 Å². The third kappa shape index (κ3) is 3.11. The second-order valence-corrected chi connectivity index (χ2v) is 6.26. The van der Waals surface area contributed by atoms with Crippen molar-refractivity contribution >= 4 is 5.91 Å². The van der Waals surface area contributed by atoms with Gasteiger partial charge in [-0.3, -0.25) is 4.79 Å². The smallest absolute Gasteiger partial charge is 0.259 e. The summed E-state index contributed by atoms with van der Waals surface area (Å²) in [7, 11) is 1.54. The van der Waals surface area contributed by atoms with Crippen LogP contribution in [-0.2, 0) is 19.4 Å². The first-order valence-electron chi connectivity index (χ1n) is 8.16. The Kier molecular flexibility index (Phi) is 4.51. The third-order valence-electron chi connectivity index (χ3n) is 4.21.